The minimum atomic E-state index is -0.358. The lowest BCUT2D eigenvalue weighted by molar-refractivity contribution is 0.118. The Bertz CT molecular complexity index is 473. The van der Waals surface area contributed by atoms with Crippen molar-refractivity contribution in [3.8, 4) is 0 Å². The number of hydrogen-bond donors (Lipinski definition) is 0. The summed E-state index contributed by atoms with van der Waals surface area (Å²) in [6, 6.07) is 5.54. The van der Waals surface area contributed by atoms with E-state index in [4.69, 9.17) is 4.74 Å². The summed E-state index contributed by atoms with van der Waals surface area (Å²) in [6.45, 7) is 2.96. The minimum absolute atomic E-state index is 0.312. The number of amides is 1. The Labute approximate surface area is 106 Å². The number of methoxy groups -OCH3 is 1. The Morgan fingerprint density at radius 3 is 2.89 bits per heavy atom. The highest BCUT2D eigenvalue weighted by Gasteiger charge is 2.21. The summed E-state index contributed by atoms with van der Waals surface area (Å²) in [5.41, 5.74) is 3.17. The predicted molar refractivity (Wildman–Crippen MR) is 67.2 cm³/mol. The van der Waals surface area contributed by atoms with E-state index in [0.717, 1.165) is 17.5 Å². The summed E-state index contributed by atoms with van der Waals surface area (Å²) >= 11 is 0. The predicted octanol–water partition coefficient (Wildman–Crippen LogP) is 2.64. The van der Waals surface area contributed by atoms with Crippen LogP contribution in [0.2, 0.25) is 0 Å². The molecular formula is C13H16N2O3. The van der Waals surface area contributed by atoms with Gasteiger partial charge in [-0.05, 0) is 30.0 Å². The number of fused-ring (bicyclic) bond motifs is 1. The maximum Gasteiger partial charge on any atom is 0.409 e. The van der Waals surface area contributed by atoms with Crippen molar-refractivity contribution in [2.75, 3.05) is 13.7 Å². The summed E-state index contributed by atoms with van der Waals surface area (Å²) in [5, 5.41) is 3.02. The molecule has 5 nitrogen and oxygen atoms in total. The van der Waals surface area contributed by atoms with Gasteiger partial charge < -0.3 is 9.64 Å². The van der Waals surface area contributed by atoms with Crippen molar-refractivity contribution in [1.82, 2.24) is 4.90 Å². The molecule has 1 aromatic carbocycles. The Kier molecular flexibility index (Phi) is 3.60. The summed E-state index contributed by atoms with van der Waals surface area (Å²) in [4.78, 5) is 23.7. The fourth-order valence-corrected chi connectivity index (χ4v) is 2.18. The van der Waals surface area contributed by atoms with Crippen molar-refractivity contribution in [3.63, 3.8) is 0 Å². The molecule has 0 bridgehead atoms. The molecule has 0 saturated heterocycles. The topological polar surface area (TPSA) is 59.0 Å². The third-order valence-electron chi connectivity index (χ3n) is 3.32. The molecule has 1 atom stereocenters. The number of nitroso groups, excluding NO2 is 1. The molecule has 0 aromatic heterocycles. The van der Waals surface area contributed by atoms with Crippen LogP contribution < -0.4 is 0 Å². The SMILES string of the molecule is COC(=O)N1CCc2ccc(C(C)N=O)cc2C1. The molecular weight excluding hydrogens is 232 g/mol. The van der Waals surface area contributed by atoms with Gasteiger partial charge in [-0.25, -0.2) is 4.79 Å². The van der Waals surface area contributed by atoms with Gasteiger partial charge in [-0.15, -0.1) is 0 Å². The lowest BCUT2D eigenvalue weighted by atomic mass is 9.95. The van der Waals surface area contributed by atoms with Crippen LogP contribution in [0, 0.1) is 4.91 Å². The molecule has 0 fully saturated rings. The average molecular weight is 248 g/mol. The van der Waals surface area contributed by atoms with Gasteiger partial charge in [-0.3, -0.25) is 0 Å². The van der Waals surface area contributed by atoms with Crippen LogP contribution in [0.15, 0.2) is 23.4 Å². The van der Waals surface area contributed by atoms with Crippen LogP contribution in [0.25, 0.3) is 0 Å². The van der Waals surface area contributed by atoms with Crippen molar-refractivity contribution >= 4 is 6.09 Å². The smallest absolute Gasteiger partial charge is 0.409 e. The van der Waals surface area contributed by atoms with Crippen LogP contribution >= 0.6 is 0 Å². The van der Waals surface area contributed by atoms with Crippen LogP contribution in [-0.2, 0) is 17.7 Å². The molecule has 0 aliphatic carbocycles. The fraction of sp³-hybridized carbons (Fsp3) is 0.462. The second kappa shape index (κ2) is 5.16. The van der Waals surface area contributed by atoms with E-state index >= 15 is 0 Å². The third kappa shape index (κ3) is 2.34. The maximum absolute atomic E-state index is 11.5. The first kappa shape index (κ1) is 12.5. The standard InChI is InChI=1S/C13H16N2O3/c1-9(14-17)11-4-3-10-5-6-15(13(16)18-2)8-12(10)7-11/h3-4,7,9H,5-6,8H2,1-2H3. The van der Waals surface area contributed by atoms with E-state index in [1.807, 2.05) is 18.2 Å². The summed E-state index contributed by atoms with van der Waals surface area (Å²) in [6.07, 6.45) is 0.501. The zero-order valence-corrected chi connectivity index (χ0v) is 10.5. The number of carbonyl (C=O) groups excluding carboxylic acids is 1. The molecule has 1 aromatic rings. The number of hydrogen-bond acceptors (Lipinski definition) is 4. The highest BCUT2D eigenvalue weighted by molar-refractivity contribution is 5.68. The zero-order valence-electron chi connectivity index (χ0n) is 10.5. The average Bonchev–Trinajstić information content (AvgIpc) is 2.44. The van der Waals surface area contributed by atoms with Crippen molar-refractivity contribution in [2.24, 2.45) is 5.18 Å². The Morgan fingerprint density at radius 2 is 2.22 bits per heavy atom. The Morgan fingerprint density at radius 1 is 1.44 bits per heavy atom. The zero-order chi connectivity index (χ0) is 13.1. The van der Waals surface area contributed by atoms with Gasteiger partial charge in [0.05, 0.1) is 7.11 Å². The van der Waals surface area contributed by atoms with Crippen LogP contribution in [0.4, 0.5) is 4.79 Å². The summed E-state index contributed by atoms with van der Waals surface area (Å²) in [7, 11) is 1.38. The van der Waals surface area contributed by atoms with Crippen LogP contribution in [0.3, 0.4) is 0 Å². The quantitative estimate of drug-likeness (QED) is 0.756. The summed E-state index contributed by atoms with van der Waals surface area (Å²) < 4.78 is 4.72. The highest BCUT2D eigenvalue weighted by Crippen LogP contribution is 2.24. The van der Waals surface area contributed by atoms with Gasteiger partial charge in [0.2, 0.25) is 0 Å². The van der Waals surface area contributed by atoms with E-state index in [1.54, 1.807) is 11.8 Å². The van der Waals surface area contributed by atoms with E-state index < -0.39 is 0 Å². The van der Waals surface area contributed by atoms with Gasteiger partial charge in [0.25, 0.3) is 0 Å². The van der Waals surface area contributed by atoms with E-state index in [9.17, 15) is 9.70 Å². The first-order chi connectivity index (χ1) is 8.65. The lowest BCUT2D eigenvalue weighted by Crippen LogP contribution is -2.35. The molecule has 1 aliphatic heterocycles. The molecule has 1 aliphatic rings. The van der Waals surface area contributed by atoms with Crippen molar-refractivity contribution in [3.05, 3.63) is 39.8 Å². The minimum Gasteiger partial charge on any atom is -0.453 e. The first-order valence-corrected chi connectivity index (χ1v) is 5.92. The van der Waals surface area contributed by atoms with E-state index in [2.05, 4.69) is 5.18 Å². The Balaban J connectivity index is 2.24. The normalized spacial score (nSPS) is 15.8. The van der Waals surface area contributed by atoms with E-state index in [1.165, 1.54) is 12.7 Å². The fourth-order valence-electron chi connectivity index (χ4n) is 2.18. The van der Waals surface area contributed by atoms with Gasteiger partial charge in [0, 0.05) is 13.1 Å². The molecule has 0 radical (unpaired) electrons. The molecule has 1 unspecified atom stereocenters. The summed E-state index contributed by atoms with van der Waals surface area (Å²) in [5.74, 6) is 0. The molecule has 1 amide bonds. The first-order valence-electron chi connectivity index (χ1n) is 5.92. The van der Waals surface area contributed by atoms with Gasteiger partial charge in [-0.2, -0.15) is 4.91 Å². The molecule has 0 N–H and O–H groups in total. The maximum atomic E-state index is 11.5. The molecule has 0 spiro atoms. The molecule has 5 heteroatoms. The van der Waals surface area contributed by atoms with Crippen molar-refractivity contribution in [1.29, 1.82) is 0 Å². The number of rotatable bonds is 2. The van der Waals surface area contributed by atoms with E-state index in [-0.39, 0.29) is 12.1 Å². The van der Waals surface area contributed by atoms with Gasteiger partial charge in [-0.1, -0.05) is 23.4 Å². The Hall–Kier alpha value is -1.91. The van der Waals surface area contributed by atoms with E-state index in [0.29, 0.717) is 13.1 Å². The monoisotopic (exact) mass is 248 g/mol. The second-order valence-corrected chi connectivity index (χ2v) is 4.45. The number of nitrogens with zero attached hydrogens (tertiary/aromatic N) is 2. The lowest BCUT2D eigenvalue weighted by Gasteiger charge is -2.28. The molecule has 1 heterocycles. The van der Waals surface area contributed by atoms with Gasteiger partial charge in [0.1, 0.15) is 6.04 Å². The number of carbonyl (C=O) groups is 1. The van der Waals surface area contributed by atoms with Crippen molar-refractivity contribution < 1.29 is 9.53 Å². The van der Waals surface area contributed by atoms with Crippen LogP contribution in [-0.4, -0.2) is 24.6 Å². The molecule has 2 rings (SSSR count). The molecule has 96 valence electrons. The molecule has 18 heavy (non-hydrogen) atoms. The number of benzene rings is 1. The third-order valence-corrected chi connectivity index (χ3v) is 3.32. The van der Waals surface area contributed by atoms with Gasteiger partial charge in [0.15, 0.2) is 0 Å². The highest BCUT2D eigenvalue weighted by atomic mass is 16.5. The van der Waals surface area contributed by atoms with Crippen LogP contribution in [0.1, 0.15) is 29.7 Å². The second-order valence-electron chi connectivity index (χ2n) is 4.45. The largest absolute Gasteiger partial charge is 0.453 e. The van der Waals surface area contributed by atoms with Crippen molar-refractivity contribution in [2.45, 2.75) is 25.9 Å². The van der Waals surface area contributed by atoms with Crippen LogP contribution in [0.5, 0.6) is 0 Å². The number of ether oxygens (including phenoxy) is 1. The van der Waals surface area contributed by atoms with Gasteiger partial charge >= 0.3 is 6.09 Å². The molecule has 0 saturated carbocycles.